The van der Waals surface area contributed by atoms with Crippen LogP contribution in [0.1, 0.15) is 39.5 Å². The lowest BCUT2D eigenvalue weighted by molar-refractivity contribution is 0.0112. The van der Waals surface area contributed by atoms with Crippen molar-refractivity contribution in [2.75, 3.05) is 50.6 Å². The van der Waals surface area contributed by atoms with Crippen LogP contribution in [0.15, 0.2) is 18.3 Å². The zero-order valence-electron chi connectivity index (χ0n) is 19.6. The monoisotopic (exact) mass is 447 g/mol. The number of anilines is 2. The van der Waals surface area contributed by atoms with Crippen molar-refractivity contribution in [1.29, 1.82) is 0 Å². The number of hydrogen-bond donors (Lipinski definition) is 1. The van der Waals surface area contributed by atoms with Crippen LogP contribution in [-0.4, -0.2) is 60.2 Å². The van der Waals surface area contributed by atoms with E-state index in [-0.39, 0.29) is 12.2 Å². The molecule has 2 aromatic rings. The average molecular weight is 448 g/mol. The Bertz CT molecular complexity index is 956. The molecule has 0 radical (unpaired) electrons. The molecule has 8 heteroatoms. The molecular formula is C24H35F2N5O. The van der Waals surface area contributed by atoms with E-state index in [2.05, 4.69) is 14.9 Å². The first-order valence-corrected chi connectivity index (χ1v) is 11.4. The predicted molar refractivity (Wildman–Crippen MR) is 124 cm³/mol. The molecule has 1 aromatic heterocycles. The maximum Gasteiger partial charge on any atom is 0.240 e. The molecule has 0 unspecified atom stereocenters. The van der Waals surface area contributed by atoms with Crippen molar-refractivity contribution >= 4 is 11.4 Å². The summed E-state index contributed by atoms with van der Waals surface area (Å²) in [4.78, 5) is 4.60. The molecule has 0 amide bonds. The standard InChI is InChI=1S/C24H35F2N5O/c1-23(2,16-25)31-11-7-24(8-12-31)5-9-30(10-6-24)20-14-21(32-4)19(27)13-17(20)18-15-29(3)28-22(18)26/h13-15H,5-12,16,27H2,1-4H3. The summed E-state index contributed by atoms with van der Waals surface area (Å²) in [5, 5.41) is 3.88. The van der Waals surface area contributed by atoms with Gasteiger partial charge in [0.05, 0.1) is 18.4 Å². The van der Waals surface area contributed by atoms with Crippen LogP contribution >= 0.6 is 0 Å². The lowest BCUT2D eigenvalue weighted by atomic mass is 9.70. The van der Waals surface area contributed by atoms with Gasteiger partial charge in [-0.2, -0.15) is 4.39 Å². The number of benzene rings is 1. The van der Waals surface area contributed by atoms with E-state index in [0.717, 1.165) is 63.1 Å². The van der Waals surface area contributed by atoms with Crippen LogP contribution in [0.5, 0.6) is 5.75 Å². The van der Waals surface area contributed by atoms with E-state index in [0.29, 0.717) is 22.4 Å². The zero-order valence-corrected chi connectivity index (χ0v) is 19.6. The van der Waals surface area contributed by atoms with Crippen molar-refractivity contribution in [3.05, 3.63) is 24.3 Å². The minimum absolute atomic E-state index is 0.303. The number of hydrogen-bond acceptors (Lipinski definition) is 5. The zero-order chi connectivity index (χ0) is 23.1. The van der Waals surface area contributed by atoms with Gasteiger partial charge in [0.2, 0.25) is 5.95 Å². The Morgan fingerprint density at radius 3 is 2.25 bits per heavy atom. The number of alkyl halides is 1. The summed E-state index contributed by atoms with van der Waals surface area (Å²) in [5.41, 5.74) is 8.68. The van der Waals surface area contributed by atoms with Gasteiger partial charge in [-0.05, 0) is 64.1 Å². The van der Waals surface area contributed by atoms with Gasteiger partial charge >= 0.3 is 0 Å². The second kappa shape index (κ2) is 8.54. The fraction of sp³-hybridized carbons (Fsp3) is 0.625. The van der Waals surface area contributed by atoms with Gasteiger partial charge in [0, 0.05) is 49.2 Å². The number of halogens is 2. The van der Waals surface area contributed by atoms with Gasteiger partial charge in [-0.15, -0.1) is 5.10 Å². The quantitative estimate of drug-likeness (QED) is 0.695. The minimum atomic E-state index is -0.505. The van der Waals surface area contributed by atoms with Gasteiger partial charge in [-0.1, -0.05) is 0 Å². The molecular weight excluding hydrogens is 412 g/mol. The highest BCUT2D eigenvalue weighted by Gasteiger charge is 2.41. The largest absolute Gasteiger partial charge is 0.495 e. The number of aryl methyl sites for hydroxylation is 1. The molecule has 0 saturated carbocycles. The molecule has 3 heterocycles. The minimum Gasteiger partial charge on any atom is -0.495 e. The number of piperidine rings is 2. The van der Waals surface area contributed by atoms with Crippen LogP contribution in [-0.2, 0) is 7.05 Å². The van der Waals surface area contributed by atoms with Crippen molar-refractivity contribution in [3.63, 3.8) is 0 Å². The third-order valence-electron chi connectivity index (χ3n) is 7.59. The number of methoxy groups -OCH3 is 1. The number of ether oxygens (including phenoxy) is 1. The van der Waals surface area contributed by atoms with E-state index in [1.165, 1.54) is 4.68 Å². The van der Waals surface area contributed by atoms with Crippen molar-refractivity contribution in [3.8, 4) is 16.9 Å². The van der Waals surface area contributed by atoms with E-state index in [1.54, 1.807) is 26.4 Å². The van der Waals surface area contributed by atoms with Crippen LogP contribution in [0, 0.1) is 11.4 Å². The first-order valence-electron chi connectivity index (χ1n) is 11.4. The van der Waals surface area contributed by atoms with E-state index in [9.17, 15) is 8.78 Å². The fourth-order valence-corrected chi connectivity index (χ4v) is 5.27. The first-order chi connectivity index (χ1) is 15.2. The Hall–Kier alpha value is -2.35. The van der Waals surface area contributed by atoms with E-state index >= 15 is 0 Å². The molecule has 2 N–H and O–H groups in total. The molecule has 1 aromatic carbocycles. The summed E-state index contributed by atoms with van der Waals surface area (Å²) >= 11 is 0. The molecule has 0 atom stereocenters. The number of likely N-dealkylation sites (tertiary alicyclic amines) is 1. The number of rotatable bonds is 5. The molecule has 176 valence electrons. The number of nitrogens with two attached hydrogens (primary N) is 1. The molecule has 6 nitrogen and oxygen atoms in total. The van der Waals surface area contributed by atoms with Gasteiger partial charge in [0.15, 0.2) is 0 Å². The predicted octanol–water partition coefficient (Wildman–Crippen LogP) is 4.25. The summed E-state index contributed by atoms with van der Waals surface area (Å²) in [5.74, 6) is 0.0877. The Balaban J connectivity index is 1.54. The van der Waals surface area contributed by atoms with Crippen molar-refractivity contribution in [2.45, 2.75) is 45.1 Å². The van der Waals surface area contributed by atoms with Crippen molar-refractivity contribution in [2.24, 2.45) is 12.5 Å². The van der Waals surface area contributed by atoms with Gasteiger partial charge in [0.1, 0.15) is 12.4 Å². The molecule has 2 fully saturated rings. The van der Waals surface area contributed by atoms with Crippen LogP contribution < -0.4 is 15.4 Å². The maximum absolute atomic E-state index is 14.6. The van der Waals surface area contributed by atoms with Gasteiger partial charge in [-0.25, -0.2) is 4.39 Å². The number of aromatic nitrogens is 2. The fourth-order valence-electron chi connectivity index (χ4n) is 5.27. The lowest BCUT2D eigenvalue weighted by Crippen LogP contribution is -2.53. The Morgan fingerprint density at radius 2 is 1.72 bits per heavy atom. The molecule has 32 heavy (non-hydrogen) atoms. The van der Waals surface area contributed by atoms with Gasteiger partial charge in [-0.3, -0.25) is 9.58 Å². The van der Waals surface area contributed by atoms with E-state index < -0.39 is 5.95 Å². The summed E-state index contributed by atoms with van der Waals surface area (Å²) in [6.07, 6.45) is 6.02. The Kier molecular flexibility index (Phi) is 6.09. The highest BCUT2D eigenvalue weighted by molar-refractivity contribution is 5.84. The maximum atomic E-state index is 14.6. The van der Waals surface area contributed by atoms with Crippen LogP contribution in [0.4, 0.5) is 20.2 Å². The number of nitrogens with zero attached hydrogens (tertiary/aromatic N) is 4. The SMILES string of the molecule is COc1cc(N2CCC3(CC2)CCN(C(C)(C)CF)CC3)c(-c2cn(C)nc2F)cc1N. The van der Waals surface area contributed by atoms with Crippen molar-refractivity contribution < 1.29 is 13.5 Å². The summed E-state index contributed by atoms with van der Waals surface area (Å²) in [6, 6.07) is 3.71. The first kappa shape index (κ1) is 22.8. The van der Waals surface area contributed by atoms with Crippen LogP contribution in [0.2, 0.25) is 0 Å². The van der Waals surface area contributed by atoms with E-state index in [4.69, 9.17) is 10.5 Å². The Morgan fingerprint density at radius 1 is 1.09 bits per heavy atom. The second-order valence-electron chi connectivity index (χ2n) is 10.0. The molecule has 0 aliphatic carbocycles. The van der Waals surface area contributed by atoms with Crippen molar-refractivity contribution in [1.82, 2.24) is 14.7 Å². The smallest absolute Gasteiger partial charge is 0.240 e. The third kappa shape index (κ3) is 4.17. The summed E-state index contributed by atoms with van der Waals surface area (Å²) in [7, 11) is 3.30. The molecule has 4 rings (SSSR count). The second-order valence-corrected chi connectivity index (χ2v) is 10.0. The van der Waals surface area contributed by atoms with Crippen LogP contribution in [0.3, 0.4) is 0 Å². The highest BCUT2D eigenvalue weighted by Crippen LogP contribution is 2.46. The average Bonchev–Trinajstić information content (AvgIpc) is 3.12. The summed E-state index contributed by atoms with van der Waals surface area (Å²) < 4.78 is 34.9. The Labute approximate surface area is 189 Å². The van der Waals surface area contributed by atoms with Gasteiger partial charge in [0.25, 0.3) is 0 Å². The topological polar surface area (TPSA) is 59.5 Å². The molecule has 2 aliphatic heterocycles. The third-order valence-corrected chi connectivity index (χ3v) is 7.59. The normalized spacial score (nSPS) is 19.5. The summed E-state index contributed by atoms with van der Waals surface area (Å²) in [6.45, 7) is 7.31. The van der Waals surface area contributed by atoms with E-state index in [1.807, 2.05) is 19.9 Å². The molecule has 2 aliphatic rings. The molecule has 1 spiro atoms. The molecule has 0 bridgehead atoms. The lowest BCUT2D eigenvalue weighted by Gasteiger charge is -2.50. The van der Waals surface area contributed by atoms with Gasteiger partial charge < -0.3 is 15.4 Å². The highest BCUT2D eigenvalue weighted by atomic mass is 19.1. The van der Waals surface area contributed by atoms with Crippen LogP contribution in [0.25, 0.3) is 11.1 Å². The molecule has 2 saturated heterocycles. The number of nitrogen functional groups attached to an aromatic ring is 1.